The van der Waals surface area contributed by atoms with Gasteiger partial charge in [0.05, 0.1) is 6.10 Å². The van der Waals surface area contributed by atoms with Gasteiger partial charge in [-0.1, -0.05) is 6.92 Å². The van der Waals surface area contributed by atoms with Gasteiger partial charge in [0.2, 0.25) is 11.8 Å². The third-order valence-corrected chi connectivity index (χ3v) is 4.01. The van der Waals surface area contributed by atoms with Gasteiger partial charge < -0.3 is 15.0 Å². The fraction of sp³-hybridized carbons (Fsp3) is 0.857. The standard InChI is InChI=1S/C14H24N2O3/c1-3-12(16-7-4-5-13(16)17)14(18)15-11-6-8-19-10(2)9-11/h10-12H,3-9H2,1-2H3,(H,15,18)/t10-,11-,12-/m1/s1. The van der Waals surface area contributed by atoms with Crippen LogP contribution >= 0.6 is 0 Å². The van der Waals surface area contributed by atoms with Crippen LogP contribution in [0, 0.1) is 0 Å². The van der Waals surface area contributed by atoms with Crippen LogP contribution in [-0.2, 0) is 14.3 Å². The zero-order valence-electron chi connectivity index (χ0n) is 11.9. The molecule has 2 rings (SSSR count). The minimum absolute atomic E-state index is 0.00292. The molecule has 2 aliphatic heterocycles. The lowest BCUT2D eigenvalue weighted by Crippen LogP contribution is -2.51. The Kier molecular flexibility index (Phi) is 4.80. The summed E-state index contributed by atoms with van der Waals surface area (Å²) in [6.45, 7) is 5.41. The molecule has 5 nitrogen and oxygen atoms in total. The Balaban J connectivity index is 1.91. The van der Waals surface area contributed by atoms with Crippen molar-refractivity contribution < 1.29 is 14.3 Å². The number of carbonyl (C=O) groups is 2. The summed E-state index contributed by atoms with van der Waals surface area (Å²) in [6.07, 6.45) is 4.05. The highest BCUT2D eigenvalue weighted by Crippen LogP contribution is 2.18. The molecular formula is C14H24N2O3. The van der Waals surface area contributed by atoms with Gasteiger partial charge in [0.15, 0.2) is 0 Å². The predicted molar refractivity (Wildman–Crippen MR) is 71.6 cm³/mol. The summed E-state index contributed by atoms with van der Waals surface area (Å²) in [4.78, 5) is 25.8. The fourth-order valence-corrected chi connectivity index (χ4v) is 2.97. The van der Waals surface area contributed by atoms with Crippen molar-refractivity contribution in [1.82, 2.24) is 10.2 Å². The molecule has 2 amide bonds. The number of nitrogens with zero attached hydrogens (tertiary/aromatic N) is 1. The summed E-state index contributed by atoms with van der Waals surface area (Å²) in [5, 5.41) is 3.08. The molecule has 0 unspecified atom stereocenters. The summed E-state index contributed by atoms with van der Waals surface area (Å²) in [5.74, 6) is 0.110. The van der Waals surface area contributed by atoms with E-state index in [0.29, 0.717) is 19.4 Å². The van der Waals surface area contributed by atoms with Crippen molar-refractivity contribution >= 4 is 11.8 Å². The zero-order valence-corrected chi connectivity index (χ0v) is 11.9. The van der Waals surface area contributed by atoms with E-state index in [0.717, 1.165) is 25.8 Å². The van der Waals surface area contributed by atoms with Crippen molar-refractivity contribution in [1.29, 1.82) is 0 Å². The van der Waals surface area contributed by atoms with Gasteiger partial charge in [-0.25, -0.2) is 0 Å². The summed E-state index contributed by atoms with van der Waals surface area (Å²) >= 11 is 0. The van der Waals surface area contributed by atoms with Crippen LogP contribution in [0.1, 0.15) is 46.0 Å². The van der Waals surface area contributed by atoms with Gasteiger partial charge in [-0.05, 0) is 32.6 Å². The molecule has 108 valence electrons. The van der Waals surface area contributed by atoms with E-state index in [-0.39, 0.29) is 30.0 Å². The molecule has 19 heavy (non-hydrogen) atoms. The van der Waals surface area contributed by atoms with Crippen molar-refractivity contribution in [2.45, 2.75) is 64.1 Å². The van der Waals surface area contributed by atoms with E-state index in [1.165, 1.54) is 0 Å². The monoisotopic (exact) mass is 268 g/mol. The van der Waals surface area contributed by atoms with Crippen LogP contribution in [0.15, 0.2) is 0 Å². The molecule has 0 radical (unpaired) electrons. The maximum atomic E-state index is 12.3. The summed E-state index contributed by atoms with van der Waals surface area (Å²) < 4.78 is 5.48. The van der Waals surface area contributed by atoms with Gasteiger partial charge in [0, 0.05) is 25.6 Å². The molecule has 0 aliphatic carbocycles. The molecule has 0 aromatic heterocycles. The molecule has 1 N–H and O–H groups in total. The molecule has 2 saturated heterocycles. The number of likely N-dealkylation sites (tertiary alicyclic amines) is 1. The first-order valence-corrected chi connectivity index (χ1v) is 7.33. The van der Waals surface area contributed by atoms with E-state index >= 15 is 0 Å². The van der Waals surface area contributed by atoms with E-state index in [1.807, 2.05) is 13.8 Å². The maximum Gasteiger partial charge on any atom is 0.243 e. The molecule has 5 heteroatoms. The van der Waals surface area contributed by atoms with Crippen LogP contribution in [0.25, 0.3) is 0 Å². The SMILES string of the molecule is CC[C@H](C(=O)N[C@@H]1CCO[C@H](C)C1)N1CCCC1=O. The lowest BCUT2D eigenvalue weighted by atomic mass is 10.0. The van der Waals surface area contributed by atoms with Gasteiger partial charge in [0.25, 0.3) is 0 Å². The van der Waals surface area contributed by atoms with Crippen LogP contribution in [0.2, 0.25) is 0 Å². The third kappa shape index (κ3) is 3.47. The molecule has 0 bridgehead atoms. The number of ether oxygens (including phenoxy) is 1. The van der Waals surface area contributed by atoms with Gasteiger partial charge in [0.1, 0.15) is 6.04 Å². The third-order valence-electron chi connectivity index (χ3n) is 4.01. The second kappa shape index (κ2) is 6.37. The van der Waals surface area contributed by atoms with Crippen LogP contribution in [-0.4, -0.2) is 48.1 Å². The number of hydrogen-bond acceptors (Lipinski definition) is 3. The fourth-order valence-electron chi connectivity index (χ4n) is 2.97. The smallest absolute Gasteiger partial charge is 0.243 e. The van der Waals surface area contributed by atoms with Crippen molar-refractivity contribution in [3.05, 3.63) is 0 Å². The summed E-state index contributed by atoms with van der Waals surface area (Å²) in [5.41, 5.74) is 0. The molecular weight excluding hydrogens is 244 g/mol. The lowest BCUT2D eigenvalue weighted by Gasteiger charge is -2.31. The highest BCUT2D eigenvalue weighted by atomic mass is 16.5. The van der Waals surface area contributed by atoms with E-state index in [9.17, 15) is 9.59 Å². The minimum atomic E-state index is -0.298. The Hall–Kier alpha value is -1.10. The van der Waals surface area contributed by atoms with E-state index in [1.54, 1.807) is 4.90 Å². The highest BCUT2D eigenvalue weighted by molar-refractivity contribution is 5.88. The van der Waals surface area contributed by atoms with Gasteiger partial charge >= 0.3 is 0 Å². The van der Waals surface area contributed by atoms with Crippen LogP contribution < -0.4 is 5.32 Å². The zero-order chi connectivity index (χ0) is 13.8. The first-order chi connectivity index (χ1) is 9.11. The average molecular weight is 268 g/mol. The predicted octanol–water partition coefficient (Wildman–Crippen LogP) is 1.07. The number of rotatable bonds is 4. The van der Waals surface area contributed by atoms with Crippen molar-refractivity contribution in [3.63, 3.8) is 0 Å². The van der Waals surface area contributed by atoms with Crippen molar-refractivity contribution in [2.24, 2.45) is 0 Å². The van der Waals surface area contributed by atoms with Crippen LogP contribution in [0.4, 0.5) is 0 Å². The molecule has 3 atom stereocenters. The van der Waals surface area contributed by atoms with Gasteiger partial charge in [-0.3, -0.25) is 9.59 Å². The average Bonchev–Trinajstić information content (AvgIpc) is 2.77. The largest absolute Gasteiger partial charge is 0.378 e. The molecule has 0 aromatic carbocycles. The Labute approximate surface area is 114 Å². The first kappa shape index (κ1) is 14.3. The summed E-state index contributed by atoms with van der Waals surface area (Å²) in [6, 6.07) is -0.115. The van der Waals surface area contributed by atoms with E-state index in [4.69, 9.17) is 4.74 Å². The Bertz CT molecular complexity index is 346. The topological polar surface area (TPSA) is 58.6 Å². The van der Waals surface area contributed by atoms with Crippen LogP contribution in [0.3, 0.4) is 0 Å². The second-order valence-electron chi connectivity index (χ2n) is 5.53. The molecule has 2 fully saturated rings. The molecule has 2 heterocycles. The van der Waals surface area contributed by atoms with Crippen molar-refractivity contribution in [3.8, 4) is 0 Å². The normalized spacial score (nSPS) is 29.4. The van der Waals surface area contributed by atoms with Gasteiger partial charge in [-0.2, -0.15) is 0 Å². The summed E-state index contributed by atoms with van der Waals surface area (Å²) in [7, 11) is 0. The van der Waals surface area contributed by atoms with Crippen molar-refractivity contribution in [2.75, 3.05) is 13.2 Å². The van der Waals surface area contributed by atoms with E-state index in [2.05, 4.69) is 5.32 Å². The number of amides is 2. The maximum absolute atomic E-state index is 12.3. The molecule has 0 saturated carbocycles. The molecule has 0 aromatic rings. The first-order valence-electron chi connectivity index (χ1n) is 7.33. The lowest BCUT2D eigenvalue weighted by molar-refractivity contribution is -0.138. The number of hydrogen-bond donors (Lipinski definition) is 1. The quantitative estimate of drug-likeness (QED) is 0.829. The molecule has 2 aliphatic rings. The second-order valence-corrected chi connectivity index (χ2v) is 5.53. The Morgan fingerprint density at radius 1 is 1.58 bits per heavy atom. The molecule has 0 spiro atoms. The van der Waals surface area contributed by atoms with Crippen LogP contribution in [0.5, 0.6) is 0 Å². The number of carbonyl (C=O) groups excluding carboxylic acids is 2. The van der Waals surface area contributed by atoms with Gasteiger partial charge in [-0.15, -0.1) is 0 Å². The Morgan fingerprint density at radius 2 is 2.37 bits per heavy atom. The number of nitrogens with one attached hydrogen (secondary N) is 1. The minimum Gasteiger partial charge on any atom is -0.378 e. The highest BCUT2D eigenvalue weighted by Gasteiger charge is 2.33. The van der Waals surface area contributed by atoms with E-state index < -0.39 is 0 Å². The Morgan fingerprint density at radius 3 is 2.95 bits per heavy atom.